The molecule has 0 atom stereocenters. The molecule has 2 nitrogen and oxygen atoms in total. The fourth-order valence-electron chi connectivity index (χ4n) is 0.959. The van der Waals surface area contributed by atoms with Crippen LogP contribution in [0.15, 0.2) is 24.4 Å². The van der Waals surface area contributed by atoms with Crippen LogP contribution in [0.2, 0.25) is 0 Å². The van der Waals surface area contributed by atoms with Gasteiger partial charge in [0.15, 0.2) is 6.20 Å². The van der Waals surface area contributed by atoms with Crippen LogP contribution in [0.25, 0.3) is 0 Å². The van der Waals surface area contributed by atoms with E-state index >= 15 is 0 Å². The molecule has 10 heavy (non-hydrogen) atoms. The highest BCUT2D eigenvalue weighted by molar-refractivity contribution is 4.96. The third kappa shape index (κ3) is 1.47. The summed E-state index contributed by atoms with van der Waals surface area (Å²) in [4.78, 5) is 0. The number of aromatic nitrogens is 1. The van der Waals surface area contributed by atoms with E-state index in [0.29, 0.717) is 0 Å². The van der Waals surface area contributed by atoms with Gasteiger partial charge in [-0.2, -0.15) is 0 Å². The molecule has 0 bridgehead atoms. The maximum absolute atomic E-state index is 5.62. The Morgan fingerprint density at radius 1 is 1.50 bits per heavy atom. The van der Waals surface area contributed by atoms with E-state index < -0.39 is 0 Å². The molecule has 0 radical (unpaired) electrons. The van der Waals surface area contributed by atoms with E-state index in [4.69, 9.17) is 5.84 Å². The Kier molecular flexibility index (Phi) is 2.26. The van der Waals surface area contributed by atoms with Crippen LogP contribution in [-0.2, 0) is 6.42 Å². The minimum Gasteiger partial charge on any atom is -0.205 e. The van der Waals surface area contributed by atoms with E-state index in [1.165, 1.54) is 5.69 Å². The van der Waals surface area contributed by atoms with Gasteiger partial charge in [-0.05, 0) is 12.5 Å². The molecule has 0 aliphatic rings. The van der Waals surface area contributed by atoms with Gasteiger partial charge in [0, 0.05) is 18.6 Å². The summed E-state index contributed by atoms with van der Waals surface area (Å²) < 4.78 is 1.67. The third-order valence-corrected chi connectivity index (χ3v) is 1.48. The maximum Gasteiger partial charge on any atom is 0.211 e. The molecule has 54 valence electrons. The summed E-state index contributed by atoms with van der Waals surface area (Å²) in [6.45, 7) is 2.15. The van der Waals surface area contributed by atoms with Gasteiger partial charge in [0.25, 0.3) is 0 Å². The summed E-state index contributed by atoms with van der Waals surface area (Å²) in [6, 6.07) is 5.98. The number of nitrogens with zero attached hydrogens (tertiary/aromatic N) is 1. The molecule has 0 aliphatic carbocycles. The largest absolute Gasteiger partial charge is 0.211 e. The van der Waals surface area contributed by atoms with Crippen LogP contribution >= 0.6 is 0 Å². The second kappa shape index (κ2) is 3.20. The van der Waals surface area contributed by atoms with Crippen molar-refractivity contribution in [2.24, 2.45) is 0 Å². The Labute approximate surface area is 61.3 Å². The zero-order chi connectivity index (χ0) is 7.40. The Morgan fingerprint density at radius 3 is 2.90 bits per heavy atom. The fourth-order valence-corrected chi connectivity index (χ4v) is 0.959. The predicted octanol–water partition coefficient (Wildman–Crippen LogP) is 0.640. The molecule has 0 fully saturated rings. The summed E-state index contributed by atoms with van der Waals surface area (Å²) >= 11 is 0. The van der Waals surface area contributed by atoms with Crippen LogP contribution in [0, 0.1) is 0 Å². The van der Waals surface area contributed by atoms with E-state index in [-0.39, 0.29) is 0 Å². The average Bonchev–Trinajstić information content (AvgIpc) is 1.94. The fraction of sp³-hybridized carbons (Fsp3) is 0.375. The molecule has 0 unspecified atom stereocenters. The second-order valence-corrected chi connectivity index (χ2v) is 2.35. The lowest BCUT2D eigenvalue weighted by Crippen LogP contribution is -2.47. The molecule has 0 aromatic carbocycles. The van der Waals surface area contributed by atoms with E-state index in [0.717, 1.165) is 12.8 Å². The van der Waals surface area contributed by atoms with E-state index in [2.05, 4.69) is 6.92 Å². The van der Waals surface area contributed by atoms with Crippen molar-refractivity contribution in [3.05, 3.63) is 30.1 Å². The first-order valence-electron chi connectivity index (χ1n) is 3.59. The molecule has 2 N–H and O–H groups in total. The number of hydrogen-bond acceptors (Lipinski definition) is 1. The molecule has 2 heteroatoms. The Morgan fingerprint density at radius 2 is 2.30 bits per heavy atom. The summed E-state index contributed by atoms with van der Waals surface area (Å²) in [5.74, 6) is 5.62. The lowest BCUT2D eigenvalue weighted by molar-refractivity contribution is -0.647. The van der Waals surface area contributed by atoms with E-state index in [1.807, 2.05) is 24.4 Å². The van der Waals surface area contributed by atoms with Crippen LogP contribution in [0.1, 0.15) is 19.0 Å². The molecular weight excluding hydrogens is 124 g/mol. The van der Waals surface area contributed by atoms with Gasteiger partial charge in [-0.3, -0.25) is 0 Å². The lowest BCUT2D eigenvalue weighted by Gasteiger charge is -1.93. The molecule has 1 rings (SSSR count). The molecular formula is C8H13N2+. The molecule has 0 aliphatic heterocycles. The topological polar surface area (TPSA) is 29.9 Å². The number of nitrogen functional groups attached to an aromatic ring is 1. The molecule has 0 spiro atoms. The van der Waals surface area contributed by atoms with Crippen molar-refractivity contribution in [3.8, 4) is 0 Å². The monoisotopic (exact) mass is 137 g/mol. The quantitative estimate of drug-likeness (QED) is 0.470. The molecule has 1 aromatic rings. The smallest absolute Gasteiger partial charge is 0.205 e. The van der Waals surface area contributed by atoms with Crippen molar-refractivity contribution in [2.45, 2.75) is 19.8 Å². The van der Waals surface area contributed by atoms with Crippen molar-refractivity contribution in [3.63, 3.8) is 0 Å². The van der Waals surface area contributed by atoms with Crippen LogP contribution in [0.4, 0.5) is 0 Å². The summed E-state index contributed by atoms with van der Waals surface area (Å²) in [6.07, 6.45) is 4.06. The van der Waals surface area contributed by atoms with Crippen LogP contribution in [0.5, 0.6) is 0 Å². The highest BCUT2D eigenvalue weighted by atomic mass is 15.3. The van der Waals surface area contributed by atoms with Gasteiger partial charge in [-0.15, -0.1) is 0 Å². The molecule has 1 aromatic heterocycles. The standard InChI is InChI=1S/C8H13N2/c1-2-5-8-6-3-4-7-10(8)9/h3-4,6-7H,2,5,9H2,1H3/q+1. The zero-order valence-electron chi connectivity index (χ0n) is 6.25. The van der Waals surface area contributed by atoms with E-state index in [1.54, 1.807) is 4.68 Å². The maximum atomic E-state index is 5.62. The number of rotatable bonds is 2. The van der Waals surface area contributed by atoms with Gasteiger partial charge in [0.1, 0.15) is 0 Å². The first kappa shape index (κ1) is 7.06. The SMILES string of the molecule is CCCc1cccc[n+]1N. The minimum atomic E-state index is 1.05. The number of nitrogens with two attached hydrogens (primary N) is 1. The second-order valence-electron chi connectivity index (χ2n) is 2.35. The van der Waals surface area contributed by atoms with Crippen LogP contribution in [-0.4, -0.2) is 0 Å². The summed E-state index contributed by atoms with van der Waals surface area (Å²) in [5, 5.41) is 0. The molecule has 0 saturated heterocycles. The average molecular weight is 137 g/mol. The highest BCUT2D eigenvalue weighted by Crippen LogP contribution is 1.93. The Balaban J connectivity index is 2.81. The minimum absolute atomic E-state index is 1.05. The predicted molar refractivity (Wildman–Crippen MR) is 40.8 cm³/mol. The Hall–Kier alpha value is -1.05. The van der Waals surface area contributed by atoms with Crippen molar-refractivity contribution in [2.75, 3.05) is 5.84 Å². The summed E-state index contributed by atoms with van der Waals surface area (Å²) in [5.41, 5.74) is 1.19. The molecule has 1 heterocycles. The van der Waals surface area contributed by atoms with Gasteiger partial charge < -0.3 is 0 Å². The normalized spacial score (nSPS) is 9.70. The first-order valence-corrected chi connectivity index (χ1v) is 3.59. The van der Waals surface area contributed by atoms with Crippen molar-refractivity contribution in [1.82, 2.24) is 0 Å². The van der Waals surface area contributed by atoms with Crippen molar-refractivity contribution in [1.29, 1.82) is 0 Å². The van der Waals surface area contributed by atoms with Gasteiger partial charge in [-0.1, -0.05) is 11.6 Å². The molecule has 0 amide bonds. The summed E-state index contributed by atoms with van der Waals surface area (Å²) in [7, 11) is 0. The van der Waals surface area contributed by atoms with Crippen LogP contribution < -0.4 is 10.5 Å². The Bertz CT molecular complexity index is 208. The van der Waals surface area contributed by atoms with E-state index in [9.17, 15) is 0 Å². The zero-order valence-corrected chi connectivity index (χ0v) is 6.25. The van der Waals surface area contributed by atoms with Crippen molar-refractivity contribution >= 4 is 0 Å². The molecule has 0 saturated carbocycles. The third-order valence-electron chi connectivity index (χ3n) is 1.48. The number of pyridine rings is 1. The first-order chi connectivity index (χ1) is 4.84. The van der Waals surface area contributed by atoms with Crippen molar-refractivity contribution < 1.29 is 4.68 Å². The number of hydrogen-bond donors (Lipinski definition) is 1. The number of aryl methyl sites for hydroxylation is 1. The lowest BCUT2D eigenvalue weighted by atomic mass is 10.2. The van der Waals surface area contributed by atoms with Crippen LogP contribution in [0.3, 0.4) is 0 Å². The van der Waals surface area contributed by atoms with Gasteiger partial charge in [-0.25, -0.2) is 5.84 Å². The highest BCUT2D eigenvalue weighted by Gasteiger charge is 2.02. The van der Waals surface area contributed by atoms with Gasteiger partial charge >= 0.3 is 0 Å². The van der Waals surface area contributed by atoms with Gasteiger partial charge in [0.2, 0.25) is 5.69 Å². The van der Waals surface area contributed by atoms with Gasteiger partial charge in [0.05, 0.1) is 0 Å².